The number of anilines is 2. The monoisotopic (exact) mass is 490 g/mol. The van der Waals surface area contributed by atoms with Gasteiger partial charge >= 0.3 is 12.2 Å². The summed E-state index contributed by atoms with van der Waals surface area (Å²) in [5.41, 5.74) is 1.67. The Morgan fingerprint density at radius 2 is 1.63 bits per heavy atom. The molecule has 182 valence electrons. The van der Waals surface area contributed by atoms with Gasteiger partial charge in [-0.05, 0) is 42.0 Å². The molecule has 0 spiro atoms. The van der Waals surface area contributed by atoms with E-state index in [0.717, 1.165) is 17.7 Å². The largest absolute Gasteiger partial charge is 0.507 e. The van der Waals surface area contributed by atoms with Gasteiger partial charge in [0.05, 0.1) is 5.56 Å². The minimum absolute atomic E-state index is 0.0255. The van der Waals surface area contributed by atoms with Crippen LogP contribution in [0.15, 0.2) is 60.8 Å². The van der Waals surface area contributed by atoms with Crippen molar-refractivity contribution in [2.24, 2.45) is 0 Å². The first kappa shape index (κ1) is 23.8. The standard InChI is InChI=1S/C23H18F4N4O4/c1-28-21(33)17-10-13(8-9-29-17)12-30-16-5-3-2-4-15(16)20(32)31-14-6-7-18-19(11-14)35-23(26,27)22(24,25)34-18/h2-11,30H,12H2,1H3,(H,28,33)(H,31,32). The third-order valence-electron chi connectivity index (χ3n) is 4.96. The van der Waals surface area contributed by atoms with Crippen molar-refractivity contribution in [3.05, 3.63) is 77.6 Å². The lowest BCUT2D eigenvalue weighted by Crippen LogP contribution is -2.52. The van der Waals surface area contributed by atoms with Gasteiger partial charge in [-0.2, -0.15) is 17.6 Å². The topological polar surface area (TPSA) is 102 Å². The van der Waals surface area contributed by atoms with Crippen LogP contribution < -0.4 is 25.4 Å². The number of carbonyl (C=O) groups is 2. The fraction of sp³-hybridized carbons (Fsp3) is 0.174. The first-order chi connectivity index (χ1) is 16.6. The van der Waals surface area contributed by atoms with E-state index >= 15 is 0 Å². The second-order valence-electron chi connectivity index (χ2n) is 7.38. The van der Waals surface area contributed by atoms with Crippen LogP contribution in [0.5, 0.6) is 11.5 Å². The molecule has 1 aliphatic heterocycles. The van der Waals surface area contributed by atoms with Crippen molar-refractivity contribution < 1.29 is 36.6 Å². The van der Waals surface area contributed by atoms with Crippen LogP contribution >= 0.6 is 0 Å². The summed E-state index contributed by atoms with van der Waals surface area (Å²) in [7, 11) is 1.49. The average molecular weight is 490 g/mol. The highest BCUT2D eigenvalue weighted by atomic mass is 19.3. The van der Waals surface area contributed by atoms with E-state index in [1.165, 1.54) is 25.4 Å². The summed E-state index contributed by atoms with van der Waals surface area (Å²) in [6, 6.07) is 13.0. The fourth-order valence-electron chi connectivity index (χ4n) is 3.21. The Bertz CT molecular complexity index is 1290. The van der Waals surface area contributed by atoms with Crippen LogP contribution in [0.2, 0.25) is 0 Å². The molecule has 4 rings (SSSR count). The Kier molecular flexibility index (Phi) is 6.20. The number of pyridine rings is 1. The van der Waals surface area contributed by atoms with Crippen molar-refractivity contribution >= 4 is 23.2 Å². The predicted octanol–water partition coefficient (Wildman–Crippen LogP) is 4.26. The molecule has 1 aliphatic rings. The number of aromatic nitrogens is 1. The molecule has 2 amide bonds. The minimum atomic E-state index is -4.87. The van der Waals surface area contributed by atoms with Gasteiger partial charge in [0.25, 0.3) is 11.8 Å². The van der Waals surface area contributed by atoms with Gasteiger partial charge in [-0.15, -0.1) is 0 Å². The Morgan fingerprint density at radius 1 is 0.914 bits per heavy atom. The van der Waals surface area contributed by atoms with Crippen LogP contribution in [0.1, 0.15) is 26.4 Å². The van der Waals surface area contributed by atoms with E-state index in [0.29, 0.717) is 5.69 Å². The molecule has 0 fully saturated rings. The molecule has 35 heavy (non-hydrogen) atoms. The number of amides is 2. The summed E-state index contributed by atoms with van der Waals surface area (Å²) in [6.45, 7) is 0.268. The van der Waals surface area contributed by atoms with Crippen LogP contribution in [-0.2, 0) is 6.54 Å². The molecule has 0 saturated heterocycles. The summed E-state index contributed by atoms with van der Waals surface area (Å²) < 4.78 is 61.7. The Balaban J connectivity index is 1.49. The zero-order valence-electron chi connectivity index (χ0n) is 18.1. The van der Waals surface area contributed by atoms with Gasteiger partial charge in [0.1, 0.15) is 5.69 Å². The van der Waals surface area contributed by atoms with Crippen molar-refractivity contribution in [2.45, 2.75) is 18.8 Å². The summed E-state index contributed by atoms with van der Waals surface area (Å²) in [6.07, 6.45) is -8.21. The lowest BCUT2D eigenvalue weighted by molar-refractivity contribution is -0.391. The van der Waals surface area contributed by atoms with Gasteiger partial charge in [-0.25, -0.2) is 0 Å². The zero-order valence-corrected chi connectivity index (χ0v) is 18.1. The van der Waals surface area contributed by atoms with Crippen LogP contribution in [0.25, 0.3) is 0 Å². The summed E-state index contributed by atoms with van der Waals surface area (Å²) >= 11 is 0. The van der Waals surface area contributed by atoms with E-state index < -0.39 is 29.6 Å². The highest BCUT2D eigenvalue weighted by molar-refractivity contribution is 6.08. The highest BCUT2D eigenvalue weighted by Crippen LogP contribution is 2.47. The van der Waals surface area contributed by atoms with Crippen molar-refractivity contribution in [3.63, 3.8) is 0 Å². The number of alkyl halides is 4. The van der Waals surface area contributed by atoms with E-state index in [9.17, 15) is 27.2 Å². The van der Waals surface area contributed by atoms with E-state index in [1.54, 1.807) is 30.3 Å². The van der Waals surface area contributed by atoms with Crippen molar-refractivity contribution in [3.8, 4) is 11.5 Å². The summed E-state index contributed by atoms with van der Waals surface area (Å²) in [5, 5.41) is 8.11. The third kappa shape index (κ3) is 4.95. The number of benzene rings is 2. The molecule has 2 heterocycles. The molecule has 0 saturated carbocycles. The second kappa shape index (κ2) is 9.12. The van der Waals surface area contributed by atoms with Crippen LogP contribution in [0.4, 0.5) is 28.9 Å². The smallest absolute Gasteiger partial charge is 0.421 e. The molecule has 8 nitrogen and oxygen atoms in total. The number of nitrogens with one attached hydrogen (secondary N) is 3. The number of carbonyl (C=O) groups excluding carboxylic acids is 2. The normalized spacial score (nSPS) is 15.1. The molecule has 0 bridgehead atoms. The first-order valence-electron chi connectivity index (χ1n) is 10.2. The van der Waals surface area contributed by atoms with Crippen LogP contribution in [-0.4, -0.2) is 36.1 Å². The number of ether oxygens (including phenoxy) is 2. The predicted molar refractivity (Wildman–Crippen MR) is 117 cm³/mol. The van der Waals surface area contributed by atoms with E-state index in [1.807, 2.05) is 0 Å². The molecule has 12 heteroatoms. The van der Waals surface area contributed by atoms with Gasteiger partial charge in [0, 0.05) is 37.2 Å². The molecule has 0 atom stereocenters. The summed E-state index contributed by atoms with van der Waals surface area (Å²) in [5.74, 6) is -2.17. The third-order valence-corrected chi connectivity index (χ3v) is 4.96. The molecule has 1 aromatic heterocycles. The fourth-order valence-corrected chi connectivity index (χ4v) is 3.21. The summed E-state index contributed by atoms with van der Waals surface area (Å²) in [4.78, 5) is 28.6. The average Bonchev–Trinajstić information content (AvgIpc) is 2.83. The molecule has 3 N–H and O–H groups in total. The van der Waals surface area contributed by atoms with Crippen molar-refractivity contribution in [1.29, 1.82) is 0 Å². The second-order valence-corrected chi connectivity index (χ2v) is 7.38. The molecule has 0 radical (unpaired) electrons. The Hall–Kier alpha value is -4.35. The van der Waals surface area contributed by atoms with Crippen molar-refractivity contribution in [1.82, 2.24) is 10.3 Å². The SMILES string of the molecule is CNC(=O)c1cc(CNc2ccccc2C(=O)Nc2ccc3c(c2)OC(F)(F)C(F)(F)O3)ccn1. The zero-order chi connectivity index (χ0) is 25.2. The van der Waals surface area contributed by atoms with Crippen LogP contribution in [0, 0.1) is 0 Å². The quantitative estimate of drug-likeness (QED) is 0.447. The lowest BCUT2D eigenvalue weighted by atomic mass is 10.1. The van der Waals surface area contributed by atoms with Gasteiger partial charge in [-0.3, -0.25) is 14.6 Å². The molecular weight excluding hydrogens is 472 g/mol. The molecular formula is C23H18F4N4O4. The number of hydrogen-bond acceptors (Lipinski definition) is 6. The number of hydrogen-bond donors (Lipinski definition) is 3. The number of halogens is 4. The van der Waals surface area contributed by atoms with Crippen LogP contribution in [0.3, 0.4) is 0 Å². The van der Waals surface area contributed by atoms with E-state index in [-0.39, 0.29) is 29.4 Å². The first-order valence-corrected chi connectivity index (χ1v) is 10.2. The van der Waals surface area contributed by atoms with Gasteiger partial charge in [0.2, 0.25) is 0 Å². The Labute approximate surface area is 196 Å². The maximum Gasteiger partial charge on any atom is 0.507 e. The molecule has 2 aromatic carbocycles. The number of para-hydroxylation sites is 1. The van der Waals surface area contributed by atoms with Crippen molar-refractivity contribution in [2.75, 3.05) is 17.7 Å². The number of nitrogens with zero attached hydrogens (tertiary/aromatic N) is 1. The lowest BCUT2D eigenvalue weighted by Gasteiger charge is -2.31. The van der Waals surface area contributed by atoms with Gasteiger partial charge in [0.15, 0.2) is 11.5 Å². The van der Waals surface area contributed by atoms with Gasteiger partial charge < -0.3 is 25.4 Å². The minimum Gasteiger partial charge on any atom is -0.421 e. The molecule has 0 unspecified atom stereocenters. The number of fused-ring (bicyclic) bond motifs is 1. The van der Waals surface area contributed by atoms with E-state index in [2.05, 4.69) is 30.4 Å². The maximum atomic E-state index is 13.5. The molecule has 0 aliphatic carbocycles. The van der Waals surface area contributed by atoms with Gasteiger partial charge in [-0.1, -0.05) is 12.1 Å². The highest BCUT2D eigenvalue weighted by Gasteiger charge is 2.65. The van der Waals surface area contributed by atoms with E-state index in [4.69, 9.17) is 0 Å². The number of rotatable bonds is 6. The molecule has 3 aromatic rings. The Morgan fingerprint density at radius 3 is 2.37 bits per heavy atom. The maximum absolute atomic E-state index is 13.5.